The smallest absolute Gasteiger partial charge is 0.255 e. The van der Waals surface area contributed by atoms with E-state index in [1.165, 1.54) is 0 Å². The number of nitrogen functional groups attached to an aromatic ring is 1. The summed E-state index contributed by atoms with van der Waals surface area (Å²) in [5.74, 6) is 0.0624. The molecular weight excluding hydrogens is 368 g/mol. The van der Waals surface area contributed by atoms with E-state index in [1.807, 2.05) is 35.2 Å². The molecule has 0 aliphatic carbocycles. The highest BCUT2D eigenvalue weighted by Gasteiger charge is 2.27. The van der Waals surface area contributed by atoms with Crippen molar-refractivity contribution < 1.29 is 14.3 Å². The molecule has 2 aliphatic rings. The number of benzene rings is 1. The summed E-state index contributed by atoms with van der Waals surface area (Å²) < 4.78 is 5.58. The van der Waals surface area contributed by atoms with Crippen LogP contribution in [0, 0.1) is 0 Å². The zero-order chi connectivity index (χ0) is 20.2. The number of amides is 2. The van der Waals surface area contributed by atoms with Gasteiger partial charge >= 0.3 is 0 Å². The van der Waals surface area contributed by atoms with Crippen molar-refractivity contribution in [2.45, 2.75) is 44.9 Å². The van der Waals surface area contributed by atoms with Gasteiger partial charge in [-0.3, -0.25) is 9.59 Å². The van der Waals surface area contributed by atoms with Crippen LogP contribution in [0.3, 0.4) is 0 Å². The first-order valence-corrected chi connectivity index (χ1v) is 10.1. The van der Waals surface area contributed by atoms with E-state index in [1.54, 1.807) is 6.07 Å². The maximum absolute atomic E-state index is 12.6. The van der Waals surface area contributed by atoms with Crippen LogP contribution in [-0.2, 0) is 29.0 Å². The summed E-state index contributed by atoms with van der Waals surface area (Å²) in [7, 11) is 0. The summed E-state index contributed by atoms with van der Waals surface area (Å²) in [5.41, 5.74) is 9.16. The largest absolute Gasteiger partial charge is 0.383 e. The van der Waals surface area contributed by atoms with Crippen LogP contribution < -0.4 is 11.1 Å². The fourth-order valence-electron chi connectivity index (χ4n) is 3.89. The zero-order valence-electron chi connectivity index (χ0n) is 16.4. The molecule has 2 aromatic rings. The summed E-state index contributed by atoms with van der Waals surface area (Å²) in [5, 5.41) is 2.89. The lowest BCUT2D eigenvalue weighted by Crippen LogP contribution is -2.38. The van der Waals surface area contributed by atoms with Crippen molar-refractivity contribution in [3.63, 3.8) is 0 Å². The van der Waals surface area contributed by atoms with Gasteiger partial charge in [0.2, 0.25) is 5.91 Å². The fraction of sp³-hybridized carbons (Fsp3) is 0.409. The van der Waals surface area contributed by atoms with Crippen molar-refractivity contribution in [2.75, 3.05) is 18.9 Å². The predicted octanol–water partition coefficient (Wildman–Crippen LogP) is 2.05. The molecule has 1 saturated heterocycles. The van der Waals surface area contributed by atoms with Gasteiger partial charge in [-0.1, -0.05) is 30.3 Å². The molecule has 29 heavy (non-hydrogen) atoms. The number of ether oxygens (including phenoxy) is 1. The number of hydrogen-bond acceptors (Lipinski definition) is 5. The van der Waals surface area contributed by atoms with Crippen molar-refractivity contribution in [2.24, 2.45) is 0 Å². The molecule has 0 spiro atoms. The molecule has 3 N–H and O–H groups in total. The summed E-state index contributed by atoms with van der Waals surface area (Å²) in [6.07, 6.45) is 3.06. The molecule has 7 heteroatoms. The summed E-state index contributed by atoms with van der Waals surface area (Å²) in [6.45, 7) is 2.23. The van der Waals surface area contributed by atoms with E-state index < -0.39 is 0 Å². The van der Waals surface area contributed by atoms with Gasteiger partial charge in [-0.25, -0.2) is 4.98 Å². The first-order chi connectivity index (χ1) is 14.1. The topological polar surface area (TPSA) is 97.5 Å². The van der Waals surface area contributed by atoms with Gasteiger partial charge in [-0.05, 0) is 30.0 Å². The third-order valence-corrected chi connectivity index (χ3v) is 5.52. The Hall–Kier alpha value is -2.93. The van der Waals surface area contributed by atoms with Crippen LogP contribution in [0.4, 0.5) is 5.82 Å². The molecule has 0 radical (unpaired) electrons. The Morgan fingerprint density at radius 3 is 2.86 bits per heavy atom. The number of rotatable bonds is 5. The van der Waals surface area contributed by atoms with Crippen LogP contribution >= 0.6 is 0 Å². The lowest BCUT2D eigenvalue weighted by Gasteiger charge is -2.29. The number of aromatic nitrogens is 1. The average molecular weight is 394 g/mol. The maximum atomic E-state index is 12.6. The number of carbonyl (C=O) groups is 2. The minimum atomic E-state index is -0.260. The zero-order valence-corrected chi connectivity index (χ0v) is 16.4. The average Bonchev–Trinajstić information content (AvgIpc) is 3.25. The van der Waals surface area contributed by atoms with E-state index in [-0.39, 0.29) is 23.7 Å². The van der Waals surface area contributed by atoms with E-state index in [0.717, 1.165) is 36.3 Å². The van der Waals surface area contributed by atoms with E-state index >= 15 is 0 Å². The lowest BCUT2D eigenvalue weighted by atomic mass is 10.0. The monoisotopic (exact) mass is 394 g/mol. The SMILES string of the molecule is Nc1nc2c(cc1C(=O)NCc1ccccc1)CN(C(=O)CC1CCCO1)CC2. The highest BCUT2D eigenvalue weighted by atomic mass is 16.5. The van der Waals surface area contributed by atoms with Crippen LogP contribution in [0.5, 0.6) is 0 Å². The molecule has 0 bridgehead atoms. The minimum absolute atomic E-state index is 0.0350. The number of anilines is 1. The standard InChI is InChI=1S/C22H26N4O3/c23-21-18(22(28)24-13-15-5-2-1-3-6-15)11-16-14-26(9-8-19(16)25-21)20(27)12-17-7-4-10-29-17/h1-3,5-6,11,17H,4,7-10,12-14H2,(H2,23,25)(H,24,28). The molecule has 2 amide bonds. The number of pyridine rings is 1. The number of nitrogens with one attached hydrogen (secondary N) is 1. The number of carbonyl (C=O) groups excluding carboxylic acids is 2. The molecule has 1 atom stereocenters. The Kier molecular flexibility index (Phi) is 5.76. The summed E-state index contributed by atoms with van der Waals surface area (Å²) in [6, 6.07) is 11.5. The Labute approximate surface area is 170 Å². The molecule has 1 aromatic heterocycles. The van der Waals surface area contributed by atoms with Gasteiger partial charge in [0.25, 0.3) is 5.91 Å². The molecule has 152 valence electrons. The van der Waals surface area contributed by atoms with Crippen molar-refractivity contribution in [3.05, 3.63) is 58.8 Å². The van der Waals surface area contributed by atoms with Crippen LogP contribution in [0.1, 0.15) is 46.4 Å². The van der Waals surface area contributed by atoms with Crippen molar-refractivity contribution in [3.8, 4) is 0 Å². The molecule has 3 heterocycles. The Balaban J connectivity index is 1.43. The molecule has 1 aromatic carbocycles. The minimum Gasteiger partial charge on any atom is -0.383 e. The van der Waals surface area contributed by atoms with Gasteiger partial charge in [0.15, 0.2) is 0 Å². The Morgan fingerprint density at radius 1 is 1.28 bits per heavy atom. The Bertz CT molecular complexity index is 894. The van der Waals surface area contributed by atoms with Crippen molar-refractivity contribution in [1.82, 2.24) is 15.2 Å². The number of nitrogens with zero attached hydrogens (tertiary/aromatic N) is 2. The number of hydrogen-bond donors (Lipinski definition) is 2. The van der Waals surface area contributed by atoms with Crippen molar-refractivity contribution >= 4 is 17.6 Å². The normalized spacial score (nSPS) is 18.3. The maximum Gasteiger partial charge on any atom is 0.255 e. The summed E-state index contributed by atoms with van der Waals surface area (Å²) in [4.78, 5) is 31.5. The molecule has 2 aliphatic heterocycles. The van der Waals surface area contributed by atoms with Crippen LogP contribution in [0.2, 0.25) is 0 Å². The van der Waals surface area contributed by atoms with Gasteiger partial charge in [-0.15, -0.1) is 0 Å². The molecule has 1 fully saturated rings. The predicted molar refractivity (Wildman–Crippen MR) is 109 cm³/mol. The van der Waals surface area contributed by atoms with Gasteiger partial charge < -0.3 is 20.7 Å². The highest BCUT2D eigenvalue weighted by Crippen LogP contribution is 2.24. The first kappa shape index (κ1) is 19.4. The van der Waals surface area contributed by atoms with Crippen LogP contribution in [0.25, 0.3) is 0 Å². The molecule has 4 rings (SSSR count). The van der Waals surface area contributed by atoms with Gasteiger partial charge in [0.05, 0.1) is 18.1 Å². The second kappa shape index (κ2) is 8.61. The highest BCUT2D eigenvalue weighted by molar-refractivity contribution is 5.98. The van der Waals surface area contributed by atoms with Gasteiger partial charge in [-0.2, -0.15) is 0 Å². The third-order valence-electron chi connectivity index (χ3n) is 5.52. The molecular formula is C22H26N4O3. The summed E-state index contributed by atoms with van der Waals surface area (Å²) >= 11 is 0. The Morgan fingerprint density at radius 2 is 2.10 bits per heavy atom. The van der Waals surface area contributed by atoms with Crippen LogP contribution in [-0.4, -0.2) is 41.0 Å². The molecule has 0 saturated carbocycles. The van der Waals surface area contributed by atoms with E-state index in [9.17, 15) is 9.59 Å². The van der Waals surface area contributed by atoms with E-state index in [4.69, 9.17) is 10.5 Å². The fourth-order valence-corrected chi connectivity index (χ4v) is 3.89. The van der Waals surface area contributed by atoms with Gasteiger partial charge in [0.1, 0.15) is 5.82 Å². The quantitative estimate of drug-likeness (QED) is 0.809. The molecule has 1 unspecified atom stereocenters. The third kappa shape index (κ3) is 4.56. The van der Waals surface area contributed by atoms with Gasteiger partial charge in [0, 0.05) is 38.4 Å². The first-order valence-electron chi connectivity index (χ1n) is 10.1. The lowest BCUT2D eigenvalue weighted by molar-refractivity contribution is -0.134. The number of nitrogens with two attached hydrogens (primary N) is 1. The second-order valence-corrected chi connectivity index (χ2v) is 7.60. The van der Waals surface area contributed by atoms with E-state index in [2.05, 4.69) is 10.3 Å². The number of fused-ring (bicyclic) bond motifs is 1. The molecule has 7 nitrogen and oxygen atoms in total. The second-order valence-electron chi connectivity index (χ2n) is 7.60. The van der Waals surface area contributed by atoms with Crippen molar-refractivity contribution in [1.29, 1.82) is 0 Å². The van der Waals surface area contributed by atoms with E-state index in [0.29, 0.717) is 38.0 Å². The van der Waals surface area contributed by atoms with Crippen LogP contribution in [0.15, 0.2) is 36.4 Å².